The summed E-state index contributed by atoms with van der Waals surface area (Å²) in [5, 5.41) is 2.62. The summed E-state index contributed by atoms with van der Waals surface area (Å²) >= 11 is 0. The molecule has 1 aromatic carbocycles. The van der Waals surface area contributed by atoms with Crippen molar-refractivity contribution in [2.24, 2.45) is 16.6 Å². The molecule has 1 amide bonds. The van der Waals surface area contributed by atoms with E-state index in [1.54, 1.807) is 13.8 Å². The van der Waals surface area contributed by atoms with Crippen molar-refractivity contribution in [2.45, 2.75) is 31.5 Å². The molecule has 0 radical (unpaired) electrons. The van der Waals surface area contributed by atoms with E-state index in [1.807, 2.05) is 0 Å². The van der Waals surface area contributed by atoms with Crippen LogP contribution >= 0.6 is 0 Å². The number of amides is 1. The van der Waals surface area contributed by atoms with Gasteiger partial charge in [0.2, 0.25) is 0 Å². The zero-order chi connectivity index (χ0) is 20.1. The van der Waals surface area contributed by atoms with Crippen molar-refractivity contribution in [3.8, 4) is 0 Å². The first-order valence-electron chi connectivity index (χ1n) is 8.89. The first-order valence-corrected chi connectivity index (χ1v) is 8.89. The van der Waals surface area contributed by atoms with Crippen molar-refractivity contribution in [3.05, 3.63) is 47.4 Å². The van der Waals surface area contributed by atoms with Crippen LogP contribution in [0.4, 0.5) is 14.5 Å². The molecule has 1 fully saturated rings. The van der Waals surface area contributed by atoms with Gasteiger partial charge in [0.15, 0.2) is 17.3 Å². The van der Waals surface area contributed by atoms with Gasteiger partial charge >= 0.3 is 0 Å². The highest BCUT2D eigenvalue weighted by Gasteiger charge is 2.62. The summed E-state index contributed by atoms with van der Waals surface area (Å²) in [5.74, 6) is -0.850. The summed E-state index contributed by atoms with van der Waals surface area (Å²) in [6, 6.07) is 3.92. The zero-order valence-corrected chi connectivity index (χ0v) is 15.5. The number of rotatable bonds is 3. The average Bonchev–Trinajstić information content (AvgIpc) is 3.21. The standard InChI is InChI=1S/C19H20F2N4O3/c1-10-6-18(21)8-27-9-19(18,25-16(10)22)13-5-12(3-4-14(13)20)24-17(26)15-7-28-11(2)23-15/h3-5,7,10H,6,8-9H2,1-2H3,(H2,22,25)(H,24,26)/t10-,18-,19+/m0/s1. The van der Waals surface area contributed by atoms with Gasteiger partial charge in [-0.2, -0.15) is 0 Å². The van der Waals surface area contributed by atoms with Crippen molar-refractivity contribution >= 4 is 17.4 Å². The molecule has 2 aromatic rings. The van der Waals surface area contributed by atoms with E-state index in [0.29, 0.717) is 5.89 Å². The van der Waals surface area contributed by atoms with Crippen LogP contribution in [0.5, 0.6) is 0 Å². The number of aliphatic imine (C=N–C) groups is 1. The molecular formula is C19H20F2N4O3. The number of benzene rings is 1. The summed E-state index contributed by atoms with van der Waals surface area (Å²) in [5.41, 5.74) is 2.86. The lowest BCUT2D eigenvalue weighted by atomic mass is 9.71. The summed E-state index contributed by atoms with van der Waals surface area (Å²) in [6.07, 6.45) is 1.30. The predicted octanol–water partition coefficient (Wildman–Crippen LogP) is 2.71. The Morgan fingerprint density at radius 2 is 2.18 bits per heavy atom. The lowest BCUT2D eigenvalue weighted by Crippen LogP contribution is -2.53. The number of oxazole rings is 1. The fourth-order valence-electron chi connectivity index (χ4n) is 3.85. The number of carbonyl (C=O) groups is 1. The molecule has 1 saturated heterocycles. The molecule has 2 aliphatic heterocycles. The van der Waals surface area contributed by atoms with Gasteiger partial charge in [0.05, 0.1) is 19.0 Å². The quantitative estimate of drug-likeness (QED) is 0.839. The van der Waals surface area contributed by atoms with Gasteiger partial charge in [0.1, 0.15) is 17.6 Å². The summed E-state index contributed by atoms with van der Waals surface area (Å²) in [6.45, 7) is 3.06. The van der Waals surface area contributed by atoms with Crippen LogP contribution in [0.15, 0.2) is 33.9 Å². The topological polar surface area (TPSA) is 103 Å². The minimum absolute atomic E-state index is 0.00326. The molecule has 3 N–H and O–H groups in total. The molecule has 148 valence electrons. The number of alkyl halides is 1. The molecule has 0 aliphatic carbocycles. The number of aromatic nitrogens is 1. The number of nitrogens with zero attached hydrogens (tertiary/aromatic N) is 2. The van der Waals surface area contributed by atoms with Crippen LogP contribution in [-0.2, 0) is 10.3 Å². The Labute approximate surface area is 160 Å². The molecule has 9 heteroatoms. The Morgan fingerprint density at radius 1 is 1.39 bits per heavy atom. The van der Waals surface area contributed by atoms with Crippen LogP contribution in [0.25, 0.3) is 0 Å². The van der Waals surface area contributed by atoms with Crippen LogP contribution in [-0.4, -0.2) is 35.6 Å². The van der Waals surface area contributed by atoms with Crippen molar-refractivity contribution < 1.29 is 22.7 Å². The number of anilines is 1. The van der Waals surface area contributed by atoms with Gasteiger partial charge in [-0.05, 0) is 24.6 Å². The van der Waals surface area contributed by atoms with Crippen LogP contribution in [0.1, 0.15) is 35.3 Å². The second-order valence-corrected chi connectivity index (χ2v) is 7.36. The number of hydrogen-bond donors (Lipinski definition) is 2. The normalized spacial score (nSPS) is 29.3. The lowest BCUT2D eigenvalue weighted by Gasteiger charge is -2.41. The predicted molar refractivity (Wildman–Crippen MR) is 97.3 cm³/mol. The molecule has 7 nitrogen and oxygen atoms in total. The van der Waals surface area contributed by atoms with E-state index in [4.69, 9.17) is 14.9 Å². The van der Waals surface area contributed by atoms with Gasteiger partial charge in [-0.3, -0.25) is 9.79 Å². The number of hydrogen-bond acceptors (Lipinski definition) is 6. The van der Waals surface area contributed by atoms with Crippen LogP contribution in [0.3, 0.4) is 0 Å². The molecule has 3 heterocycles. The Morgan fingerprint density at radius 3 is 2.89 bits per heavy atom. The third kappa shape index (κ3) is 2.77. The van der Waals surface area contributed by atoms with Crippen LogP contribution < -0.4 is 11.1 Å². The Bertz CT molecular complexity index is 976. The molecule has 28 heavy (non-hydrogen) atoms. The Hall–Kier alpha value is -2.81. The number of amidine groups is 1. The Balaban J connectivity index is 1.74. The molecule has 1 aromatic heterocycles. The van der Waals surface area contributed by atoms with Crippen LogP contribution in [0.2, 0.25) is 0 Å². The van der Waals surface area contributed by atoms with Gasteiger partial charge < -0.3 is 20.2 Å². The maximum Gasteiger partial charge on any atom is 0.277 e. The molecule has 0 saturated carbocycles. The third-order valence-corrected chi connectivity index (χ3v) is 5.36. The summed E-state index contributed by atoms with van der Waals surface area (Å²) < 4.78 is 41.0. The highest BCUT2D eigenvalue weighted by atomic mass is 19.1. The van der Waals surface area contributed by atoms with E-state index in [1.165, 1.54) is 18.4 Å². The highest BCUT2D eigenvalue weighted by Crippen LogP contribution is 2.51. The summed E-state index contributed by atoms with van der Waals surface area (Å²) in [4.78, 5) is 20.6. The van der Waals surface area contributed by atoms with Gasteiger partial charge in [-0.1, -0.05) is 6.92 Å². The molecule has 0 bridgehead atoms. The fraction of sp³-hybridized carbons (Fsp3) is 0.421. The molecule has 0 unspecified atom stereocenters. The molecule has 4 rings (SSSR count). The van der Waals surface area contributed by atoms with Gasteiger partial charge in [-0.15, -0.1) is 0 Å². The SMILES string of the molecule is Cc1nc(C(=O)Nc2ccc(F)c([C@]34COC[C@@]3(F)C[C@H](C)C(N)=N4)c2)co1. The van der Waals surface area contributed by atoms with Gasteiger partial charge in [-0.25, -0.2) is 13.8 Å². The van der Waals surface area contributed by atoms with E-state index in [2.05, 4.69) is 15.3 Å². The first kappa shape index (κ1) is 18.5. The number of aryl methyl sites for hydroxylation is 1. The van der Waals surface area contributed by atoms with E-state index < -0.39 is 22.9 Å². The minimum atomic E-state index is -1.89. The number of nitrogens with two attached hydrogens (primary N) is 1. The maximum atomic E-state index is 15.8. The number of halogens is 2. The van der Waals surface area contributed by atoms with Crippen molar-refractivity contribution in [1.82, 2.24) is 4.98 Å². The van der Waals surface area contributed by atoms with Gasteiger partial charge in [0.25, 0.3) is 5.91 Å². The number of fused-ring (bicyclic) bond motifs is 1. The monoisotopic (exact) mass is 390 g/mol. The highest BCUT2D eigenvalue weighted by molar-refractivity contribution is 6.02. The second-order valence-electron chi connectivity index (χ2n) is 7.36. The van der Waals surface area contributed by atoms with Crippen molar-refractivity contribution in [3.63, 3.8) is 0 Å². The zero-order valence-electron chi connectivity index (χ0n) is 15.5. The van der Waals surface area contributed by atoms with Crippen molar-refractivity contribution in [2.75, 3.05) is 18.5 Å². The number of carbonyl (C=O) groups excluding carboxylic acids is 1. The second kappa shape index (κ2) is 6.37. The van der Waals surface area contributed by atoms with E-state index in [9.17, 15) is 9.18 Å². The Kier molecular flexibility index (Phi) is 4.22. The largest absolute Gasteiger partial charge is 0.448 e. The maximum absolute atomic E-state index is 15.8. The van der Waals surface area contributed by atoms with Crippen LogP contribution in [0, 0.1) is 18.7 Å². The summed E-state index contributed by atoms with van der Waals surface area (Å²) in [7, 11) is 0. The number of nitrogens with one attached hydrogen (secondary N) is 1. The average molecular weight is 390 g/mol. The molecule has 0 spiro atoms. The van der Waals surface area contributed by atoms with E-state index >= 15 is 4.39 Å². The smallest absolute Gasteiger partial charge is 0.277 e. The van der Waals surface area contributed by atoms with E-state index in [0.717, 1.165) is 6.07 Å². The third-order valence-electron chi connectivity index (χ3n) is 5.36. The van der Waals surface area contributed by atoms with E-state index in [-0.39, 0.29) is 48.3 Å². The molecule has 3 atom stereocenters. The molecular weight excluding hydrogens is 370 g/mol. The van der Waals surface area contributed by atoms with Crippen molar-refractivity contribution in [1.29, 1.82) is 0 Å². The lowest BCUT2D eigenvalue weighted by molar-refractivity contribution is 0.0589. The first-order chi connectivity index (χ1) is 13.2. The fourth-order valence-corrected chi connectivity index (χ4v) is 3.85. The van der Waals surface area contributed by atoms with Gasteiger partial charge in [0, 0.05) is 24.1 Å². The minimum Gasteiger partial charge on any atom is -0.448 e. The molecule has 2 aliphatic rings. The number of ether oxygens (including phenoxy) is 1.